The average molecular weight is 427 g/mol. The zero-order chi connectivity index (χ0) is 20.6. The van der Waals surface area contributed by atoms with E-state index in [1.54, 1.807) is 38.5 Å². The first kappa shape index (κ1) is 20.3. The first-order valence-electron chi connectivity index (χ1n) is 14.3. The Bertz CT molecular complexity index is 684. The van der Waals surface area contributed by atoms with Crippen LogP contribution in [-0.4, -0.2) is 61.3 Å². The largest absolute Gasteiger partial charge is 0.379 e. The minimum absolute atomic E-state index is 0.669. The fourth-order valence-corrected chi connectivity index (χ4v) is 11.2. The van der Waals surface area contributed by atoms with Crippen LogP contribution >= 0.6 is 0 Å². The SMILES string of the molecule is CCC12CC(N3CCOCC3)CCC1CCC1C2CCC23CC2C(N2CCCC2)CC13. The smallest absolute Gasteiger partial charge is 0.0594 e. The second kappa shape index (κ2) is 7.44. The minimum Gasteiger partial charge on any atom is -0.379 e. The van der Waals surface area contributed by atoms with Gasteiger partial charge in [-0.2, -0.15) is 0 Å². The third-order valence-electron chi connectivity index (χ3n) is 12.5. The highest BCUT2D eigenvalue weighted by Crippen LogP contribution is 2.77. The maximum atomic E-state index is 5.70. The van der Waals surface area contributed by atoms with Crippen molar-refractivity contribution in [2.45, 2.75) is 96.1 Å². The maximum absolute atomic E-state index is 5.70. The molecule has 5 aliphatic carbocycles. The molecule has 3 nitrogen and oxygen atoms in total. The van der Waals surface area contributed by atoms with Crippen LogP contribution in [-0.2, 0) is 4.74 Å². The number of hydrogen-bond acceptors (Lipinski definition) is 3. The van der Waals surface area contributed by atoms with Crippen molar-refractivity contribution in [1.82, 2.24) is 9.80 Å². The molecule has 7 fully saturated rings. The molecule has 0 aromatic carbocycles. The van der Waals surface area contributed by atoms with Crippen molar-refractivity contribution in [1.29, 1.82) is 0 Å². The Morgan fingerprint density at radius 1 is 0.806 bits per heavy atom. The van der Waals surface area contributed by atoms with Gasteiger partial charge in [0, 0.05) is 25.2 Å². The van der Waals surface area contributed by atoms with Crippen LogP contribution in [0.15, 0.2) is 0 Å². The number of ether oxygens (including phenoxy) is 1. The molecule has 0 aromatic heterocycles. The molecule has 0 N–H and O–H groups in total. The van der Waals surface area contributed by atoms with Crippen LogP contribution < -0.4 is 0 Å². The first-order valence-corrected chi connectivity index (χ1v) is 14.3. The Balaban J connectivity index is 1.15. The molecule has 0 aromatic rings. The summed E-state index contributed by atoms with van der Waals surface area (Å²) in [7, 11) is 0. The molecule has 2 heterocycles. The van der Waals surface area contributed by atoms with Crippen LogP contribution in [0.2, 0.25) is 0 Å². The molecule has 31 heavy (non-hydrogen) atoms. The molecule has 2 saturated heterocycles. The van der Waals surface area contributed by atoms with Crippen LogP contribution in [0.4, 0.5) is 0 Å². The Morgan fingerprint density at radius 3 is 2.42 bits per heavy atom. The Kier molecular flexibility index (Phi) is 4.86. The van der Waals surface area contributed by atoms with Crippen molar-refractivity contribution in [3.05, 3.63) is 0 Å². The van der Waals surface area contributed by atoms with Crippen molar-refractivity contribution in [3.63, 3.8) is 0 Å². The van der Waals surface area contributed by atoms with E-state index in [2.05, 4.69) is 16.7 Å². The maximum Gasteiger partial charge on any atom is 0.0594 e. The lowest BCUT2D eigenvalue weighted by atomic mass is 9.44. The van der Waals surface area contributed by atoms with Gasteiger partial charge in [0.25, 0.3) is 0 Å². The summed E-state index contributed by atoms with van der Waals surface area (Å²) in [6.07, 6.45) is 18.4. The van der Waals surface area contributed by atoms with Gasteiger partial charge in [-0.3, -0.25) is 4.90 Å². The summed E-state index contributed by atoms with van der Waals surface area (Å²) in [6.45, 7) is 9.73. The van der Waals surface area contributed by atoms with Crippen LogP contribution in [0.3, 0.4) is 0 Å². The van der Waals surface area contributed by atoms with E-state index in [4.69, 9.17) is 4.74 Å². The van der Waals surface area contributed by atoms with Gasteiger partial charge in [-0.05, 0) is 131 Å². The second-order valence-corrected chi connectivity index (χ2v) is 13.0. The number of morpholine rings is 1. The number of hydrogen-bond donors (Lipinski definition) is 0. The Hall–Kier alpha value is -0.120. The number of likely N-dealkylation sites (tertiary alicyclic amines) is 1. The summed E-state index contributed by atoms with van der Waals surface area (Å²) >= 11 is 0. The summed E-state index contributed by atoms with van der Waals surface area (Å²) in [4.78, 5) is 5.78. The third-order valence-corrected chi connectivity index (χ3v) is 12.5. The normalized spacial score (nSPS) is 54.7. The zero-order valence-corrected chi connectivity index (χ0v) is 20.1. The van der Waals surface area contributed by atoms with Crippen LogP contribution in [0.5, 0.6) is 0 Å². The fourth-order valence-electron chi connectivity index (χ4n) is 11.2. The highest BCUT2D eigenvalue weighted by Gasteiger charge is 2.72. The summed E-state index contributed by atoms with van der Waals surface area (Å²) in [5.41, 5.74) is 1.48. The standard InChI is InChI=1S/C28H46N2O/c1-2-27-18-21(29-13-15-31-16-14-29)7-5-20(27)6-8-22-23(27)9-10-28-19-25(28)26(17-24(22)28)30-11-3-4-12-30/h20-26H,2-19H2,1H3. The van der Waals surface area contributed by atoms with E-state index in [1.165, 1.54) is 64.7 Å². The van der Waals surface area contributed by atoms with E-state index in [0.29, 0.717) is 5.41 Å². The van der Waals surface area contributed by atoms with E-state index < -0.39 is 0 Å². The average Bonchev–Trinajstić information content (AvgIpc) is 3.16. The zero-order valence-electron chi connectivity index (χ0n) is 20.1. The van der Waals surface area contributed by atoms with Gasteiger partial charge in [-0.15, -0.1) is 0 Å². The molecular formula is C28H46N2O. The van der Waals surface area contributed by atoms with Crippen LogP contribution in [0.1, 0.15) is 84.0 Å². The van der Waals surface area contributed by atoms with Gasteiger partial charge >= 0.3 is 0 Å². The van der Waals surface area contributed by atoms with Crippen molar-refractivity contribution >= 4 is 0 Å². The lowest BCUT2D eigenvalue weighted by Crippen LogP contribution is -2.57. The third kappa shape index (κ3) is 2.88. The molecule has 0 amide bonds. The number of rotatable bonds is 3. The van der Waals surface area contributed by atoms with Crippen molar-refractivity contribution in [2.75, 3.05) is 39.4 Å². The summed E-state index contributed by atoms with van der Waals surface area (Å²) in [6, 6.07) is 1.83. The monoisotopic (exact) mass is 426 g/mol. The Morgan fingerprint density at radius 2 is 1.61 bits per heavy atom. The summed E-state index contributed by atoms with van der Waals surface area (Å²) < 4.78 is 5.70. The highest BCUT2D eigenvalue weighted by molar-refractivity contribution is 5.22. The lowest BCUT2D eigenvalue weighted by Gasteiger charge is -2.62. The summed E-state index contributed by atoms with van der Waals surface area (Å²) in [5.74, 6) is 5.35. The van der Waals surface area contributed by atoms with Crippen molar-refractivity contribution in [3.8, 4) is 0 Å². The molecule has 3 heteroatoms. The topological polar surface area (TPSA) is 15.7 Å². The molecule has 7 rings (SSSR count). The van der Waals surface area contributed by atoms with Gasteiger partial charge in [0.2, 0.25) is 0 Å². The van der Waals surface area contributed by atoms with Gasteiger partial charge in [0.15, 0.2) is 0 Å². The number of fused-ring (bicyclic) bond motifs is 4. The summed E-state index contributed by atoms with van der Waals surface area (Å²) in [5, 5.41) is 0. The van der Waals surface area contributed by atoms with Gasteiger partial charge in [0.05, 0.1) is 13.2 Å². The fraction of sp³-hybridized carbons (Fsp3) is 1.00. The van der Waals surface area contributed by atoms with Crippen molar-refractivity contribution < 1.29 is 4.74 Å². The molecule has 7 aliphatic rings. The molecular weight excluding hydrogens is 380 g/mol. The molecule has 0 radical (unpaired) electrons. The molecule has 9 atom stereocenters. The van der Waals surface area contributed by atoms with E-state index in [0.717, 1.165) is 60.3 Å². The lowest BCUT2D eigenvalue weighted by molar-refractivity contribution is -0.126. The molecule has 2 aliphatic heterocycles. The predicted molar refractivity (Wildman–Crippen MR) is 125 cm³/mol. The van der Waals surface area contributed by atoms with Crippen LogP contribution in [0.25, 0.3) is 0 Å². The Labute approximate surface area is 190 Å². The number of nitrogens with zero attached hydrogens (tertiary/aromatic N) is 2. The van der Waals surface area contributed by atoms with Gasteiger partial charge in [0.1, 0.15) is 0 Å². The van der Waals surface area contributed by atoms with Gasteiger partial charge in [-0.1, -0.05) is 6.92 Å². The molecule has 1 spiro atoms. The first-order chi connectivity index (χ1) is 15.2. The van der Waals surface area contributed by atoms with E-state index >= 15 is 0 Å². The molecule has 9 unspecified atom stereocenters. The molecule has 0 bridgehead atoms. The van der Waals surface area contributed by atoms with Crippen molar-refractivity contribution in [2.24, 2.45) is 40.4 Å². The van der Waals surface area contributed by atoms with Gasteiger partial charge in [-0.25, -0.2) is 0 Å². The van der Waals surface area contributed by atoms with Gasteiger partial charge < -0.3 is 9.64 Å². The van der Waals surface area contributed by atoms with E-state index in [1.807, 2.05) is 0 Å². The second-order valence-electron chi connectivity index (χ2n) is 13.0. The van der Waals surface area contributed by atoms with Crippen LogP contribution in [0, 0.1) is 40.4 Å². The molecule has 5 saturated carbocycles. The predicted octanol–water partition coefficient (Wildman–Crippen LogP) is 5.19. The van der Waals surface area contributed by atoms with E-state index in [9.17, 15) is 0 Å². The quantitative estimate of drug-likeness (QED) is 0.617. The minimum atomic E-state index is 0.669. The van der Waals surface area contributed by atoms with E-state index in [-0.39, 0.29) is 0 Å². The highest BCUT2D eigenvalue weighted by atomic mass is 16.5. The molecule has 174 valence electrons.